The van der Waals surface area contributed by atoms with Gasteiger partial charge in [-0.25, -0.2) is 4.39 Å². The molecule has 6 nitrogen and oxygen atoms in total. The van der Waals surface area contributed by atoms with Gasteiger partial charge in [-0.2, -0.15) is 5.10 Å². The van der Waals surface area contributed by atoms with Crippen molar-refractivity contribution in [3.8, 4) is 11.3 Å². The molecule has 28 heavy (non-hydrogen) atoms. The Labute approximate surface area is 164 Å². The molecule has 1 aromatic carbocycles. The summed E-state index contributed by atoms with van der Waals surface area (Å²) in [6.45, 7) is 5.45. The van der Waals surface area contributed by atoms with Gasteiger partial charge in [0, 0.05) is 31.7 Å². The quantitative estimate of drug-likeness (QED) is 0.877. The maximum Gasteiger partial charge on any atom is 0.261 e. The number of piperidine rings is 1. The fourth-order valence-electron chi connectivity index (χ4n) is 4.10. The number of rotatable bonds is 4. The molecular weight excluding hydrogens is 359 g/mol. The summed E-state index contributed by atoms with van der Waals surface area (Å²) in [5.74, 6) is -0.383. The number of aryl methyl sites for hydroxylation is 1. The second-order valence-electron chi connectivity index (χ2n) is 7.82. The lowest BCUT2D eigenvalue weighted by Crippen LogP contribution is -2.57. The molecule has 1 N–H and O–H groups in total. The highest BCUT2D eigenvalue weighted by Gasteiger charge is 2.45. The number of morpholine rings is 1. The maximum atomic E-state index is 15.6. The first kappa shape index (κ1) is 19.1. The van der Waals surface area contributed by atoms with E-state index in [0.717, 1.165) is 23.4 Å². The normalized spacial score (nSPS) is 23.7. The van der Waals surface area contributed by atoms with Gasteiger partial charge in [0.1, 0.15) is 0 Å². The van der Waals surface area contributed by atoms with Gasteiger partial charge in [0.05, 0.1) is 25.1 Å². The monoisotopic (exact) mass is 386 g/mol. The van der Waals surface area contributed by atoms with Crippen molar-refractivity contribution in [1.29, 1.82) is 0 Å². The number of nitrogens with zero attached hydrogens (tertiary/aromatic N) is 3. The summed E-state index contributed by atoms with van der Waals surface area (Å²) in [4.78, 5) is 16.4. The smallest absolute Gasteiger partial charge is 0.261 e. The summed E-state index contributed by atoms with van der Waals surface area (Å²) in [7, 11) is 0. The van der Waals surface area contributed by atoms with Gasteiger partial charge in [0.2, 0.25) is 5.67 Å². The molecule has 2 aromatic rings. The van der Waals surface area contributed by atoms with Crippen LogP contribution in [0, 0.1) is 6.92 Å². The number of nitrogens with one attached hydrogen (secondary N) is 1. The number of hydrogen-bond donors (Lipinski definition) is 1. The van der Waals surface area contributed by atoms with E-state index in [9.17, 15) is 4.79 Å². The zero-order valence-corrected chi connectivity index (χ0v) is 16.3. The van der Waals surface area contributed by atoms with Crippen LogP contribution in [0.3, 0.4) is 0 Å². The van der Waals surface area contributed by atoms with Crippen molar-refractivity contribution in [2.24, 2.45) is 0 Å². The lowest BCUT2D eigenvalue weighted by Gasteiger charge is -2.40. The first-order valence-electron chi connectivity index (χ1n) is 9.93. The summed E-state index contributed by atoms with van der Waals surface area (Å²) >= 11 is 0. The summed E-state index contributed by atoms with van der Waals surface area (Å²) in [5.41, 5.74) is 2.42. The van der Waals surface area contributed by atoms with Gasteiger partial charge in [0.25, 0.3) is 5.91 Å². The number of carbonyl (C=O) groups excluding carboxylic acids is 1. The summed E-state index contributed by atoms with van der Waals surface area (Å²) in [6.07, 6.45) is 2.76. The molecule has 0 radical (unpaired) electrons. The predicted molar refractivity (Wildman–Crippen MR) is 105 cm³/mol. The number of alkyl halides is 1. The Kier molecular flexibility index (Phi) is 5.46. The van der Waals surface area contributed by atoms with Crippen molar-refractivity contribution >= 4 is 5.91 Å². The number of carbonyl (C=O) groups is 1. The third-order valence-electron chi connectivity index (χ3n) is 5.66. The van der Waals surface area contributed by atoms with Crippen molar-refractivity contribution in [1.82, 2.24) is 20.0 Å². The van der Waals surface area contributed by atoms with E-state index >= 15 is 4.39 Å². The first-order chi connectivity index (χ1) is 13.5. The van der Waals surface area contributed by atoms with Crippen LogP contribution >= 0.6 is 0 Å². The molecule has 2 saturated heterocycles. The van der Waals surface area contributed by atoms with Gasteiger partial charge >= 0.3 is 0 Å². The topological polar surface area (TPSA) is 61.5 Å². The van der Waals surface area contributed by atoms with Crippen LogP contribution < -0.4 is 0 Å². The van der Waals surface area contributed by atoms with Crippen LogP contribution in [0.5, 0.6) is 0 Å². The lowest BCUT2D eigenvalue weighted by atomic mass is 9.92. The molecule has 0 aliphatic carbocycles. The van der Waals surface area contributed by atoms with E-state index in [1.54, 1.807) is 11.1 Å². The molecule has 0 saturated carbocycles. The molecule has 2 fully saturated rings. The molecule has 0 bridgehead atoms. The fraction of sp³-hybridized carbons (Fsp3) is 0.524. The average molecular weight is 386 g/mol. The molecule has 150 valence electrons. The van der Waals surface area contributed by atoms with Crippen molar-refractivity contribution < 1.29 is 13.9 Å². The third kappa shape index (κ3) is 3.95. The molecule has 0 spiro atoms. The molecule has 1 amide bonds. The van der Waals surface area contributed by atoms with Gasteiger partial charge in [-0.15, -0.1) is 0 Å². The van der Waals surface area contributed by atoms with Gasteiger partial charge in [-0.05, 0) is 31.9 Å². The van der Waals surface area contributed by atoms with Crippen molar-refractivity contribution in [2.75, 3.05) is 39.4 Å². The molecule has 2 aliphatic heterocycles. The van der Waals surface area contributed by atoms with E-state index in [0.29, 0.717) is 39.3 Å². The van der Waals surface area contributed by atoms with E-state index in [4.69, 9.17) is 4.74 Å². The Bertz CT molecular complexity index is 816. The van der Waals surface area contributed by atoms with Gasteiger partial charge in [0.15, 0.2) is 0 Å². The molecule has 2 aliphatic rings. The predicted octanol–water partition coefficient (Wildman–Crippen LogP) is 2.55. The molecule has 7 heteroatoms. The largest absolute Gasteiger partial charge is 0.378 e. The minimum atomic E-state index is -1.82. The van der Waals surface area contributed by atoms with E-state index in [-0.39, 0.29) is 18.9 Å². The number of hydrogen-bond acceptors (Lipinski definition) is 4. The van der Waals surface area contributed by atoms with Gasteiger partial charge in [-0.3, -0.25) is 14.8 Å². The van der Waals surface area contributed by atoms with Crippen LogP contribution in [0.2, 0.25) is 0 Å². The van der Waals surface area contributed by atoms with Crippen LogP contribution in [-0.2, 0) is 16.1 Å². The van der Waals surface area contributed by atoms with E-state index in [2.05, 4.69) is 41.4 Å². The average Bonchev–Trinajstić information content (AvgIpc) is 3.17. The van der Waals surface area contributed by atoms with E-state index in [1.807, 2.05) is 4.90 Å². The van der Waals surface area contributed by atoms with Crippen molar-refractivity contribution in [3.63, 3.8) is 0 Å². The Morgan fingerprint density at radius 3 is 2.75 bits per heavy atom. The minimum absolute atomic E-state index is 0.127. The first-order valence-corrected chi connectivity index (χ1v) is 9.93. The number of aromatic nitrogens is 2. The fourth-order valence-corrected chi connectivity index (χ4v) is 4.10. The second kappa shape index (κ2) is 8.01. The standard InChI is InChI=1S/C21H27FN4O2/c1-16-3-5-17(6-4-16)19-18(13-23-24-19)14-25-8-2-7-21(22,15-25)20(27)26-9-11-28-12-10-26/h3-6,13H,2,7-12,14-15H2,1H3,(H,23,24)/t21-/m0/s1. The number of halogens is 1. The number of benzene rings is 1. The highest BCUT2D eigenvalue weighted by atomic mass is 19.1. The highest BCUT2D eigenvalue weighted by molar-refractivity contribution is 5.85. The van der Waals surface area contributed by atoms with E-state index in [1.165, 1.54) is 5.56 Å². The Balaban J connectivity index is 1.46. The van der Waals surface area contributed by atoms with Gasteiger partial charge in [-0.1, -0.05) is 29.8 Å². The second-order valence-corrected chi connectivity index (χ2v) is 7.82. The SMILES string of the molecule is Cc1ccc(-c2[nH]ncc2CN2CCC[C@@](F)(C(=O)N3CCOCC3)C2)cc1. The number of H-pyrrole nitrogens is 1. The third-order valence-corrected chi connectivity index (χ3v) is 5.66. The molecule has 1 aromatic heterocycles. The van der Waals surface area contributed by atoms with Crippen LogP contribution in [0.1, 0.15) is 24.0 Å². The summed E-state index contributed by atoms with van der Waals surface area (Å²) in [6, 6.07) is 8.25. The zero-order chi connectivity index (χ0) is 19.6. The number of ether oxygens (including phenoxy) is 1. The highest BCUT2D eigenvalue weighted by Crippen LogP contribution is 2.30. The van der Waals surface area contributed by atoms with E-state index < -0.39 is 5.67 Å². The molecule has 1 atom stereocenters. The number of likely N-dealkylation sites (tertiary alicyclic amines) is 1. The van der Waals surface area contributed by atoms with Crippen LogP contribution in [-0.4, -0.2) is 71.0 Å². The van der Waals surface area contributed by atoms with Crippen LogP contribution in [0.4, 0.5) is 4.39 Å². The summed E-state index contributed by atoms with van der Waals surface area (Å²) in [5, 5.41) is 7.26. The molecule has 0 unspecified atom stereocenters. The van der Waals surface area contributed by atoms with Crippen LogP contribution in [0.15, 0.2) is 30.5 Å². The zero-order valence-electron chi connectivity index (χ0n) is 16.3. The molecular formula is C21H27FN4O2. The van der Waals surface area contributed by atoms with Crippen molar-refractivity contribution in [3.05, 3.63) is 41.6 Å². The Hall–Kier alpha value is -2.25. The maximum absolute atomic E-state index is 15.6. The summed E-state index contributed by atoms with van der Waals surface area (Å²) < 4.78 is 20.9. The number of aromatic amines is 1. The minimum Gasteiger partial charge on any atom is -0.378 e. The number of amides is 1. The van der Waals surface area contributed by atoms with Crippen LogP contribution in [0.25, 0.3) is 11.3 Å². The molecule has 4 rings (SSSR count). The Morgan fingerprint density at radius 1 is 1.25 bits per heavy atom. The lowest BCUT2D eigenvalue weighted by molar-refractivity contribution is -0.152. The van der Waals surface area contributed by atoms with Gasteiger partial charge < -0.3 is 9.64 Å². The molecule has 3 heterocycles. The van der Waals surface area contributed by atoms with Crippen molar-refractivity contribution in [2.45, 2.75) is 32.0 Å². The Morgan fingerprint density at radius 2 is 2.00 bits per heavy atom.